The number of carbonyl (C=O) groups is 3. The number of amides is 3. The molecule has 0 bridgehead atoms. The fourth-order valence-electron chi connectivity index (χ4n) is 2.46. The lowest BCUT2D eigenvalue weighted by atomic mass is 10.0. The van der Waals surface area contributed by atoms with E-state index in [9.17, 15) is 14.4 Å². The first kappa shape index (κ1) is 18.7. The molecule has 1 atom stereocenters. The third-order valence-electron chi connectivity index (χ3n) is 3.91. The molecule has 3 N–H and O–H groups in total. The molecule has 3 amide bonds. The van der Waals surface area contributed by atoms with Gasteiger partial charge in [0.2, 0.25) is 6.79 Å². The zero-order chi connectivity index (χ0) is 19.4. The number of rotatable bonds is 5. The van der Waals surface area contributed by atoms with Crippen molar-refractivity contribution >= 4 is 29.1 Å². The van der Waals surface area contributed by atoms with E-state index >= 15 is 0 Å². The number of hydrogen-bond acceptors (Lipinski definition) is 6. The van der Waals surface area contributed by atoms with Crippen LogP contribution in [-0.4, -0.2) is 30.6 Å². The summed E-state index contributed by atoms with van der Waals surface area (Å²) < 4.78 is 10.4. The van der Waals surface area contributed by atoms with Crippen molar-refractivity contribution in [3.05, 3.63) is 46.2 Å². The van der Waals surface area contributed by atoms with Gasteiger partial charge in [-0.05, 0) is 35.6 Å². The summed E-state index contributed by atoms with van der Waals surface area (Å²) in [6.07, 6.45) is 0. The third kappa shape index (κ3) is 4.37. The van der Waals surface area contributed by atoms with Gasteiger partial charge >= 0.3 is 0 Å². The van der Waals surface area contributed by atoms with E-state index in [-0.39, 0.29) is 18.6 Å². The Morgan fingerprint density at radius 2 is 1.81 bits per heavy atom. The van der Waals surface area contributed by atoms with Crippen molar-refractivity contribution in [2.75, 3.05) is 6.79 Å². The van der Waals surface area contributed by atoms with E-state index in [4.69, 9.17) is 9.47 Å². The Balaban J connectivity index is 1.59. The minimum Gasteiger partial charge on any atom is -0.454 e. The van der Waals surface area contributed by atoms with Gasteiger partial charge in [0.25, 0.3) is 17.7 Å². The summed E-state index contributed by atoms with van der Waals surface area (Å²) in [5, 5.41) is 4.47. The summed E-state index contributed by atoms with van der Waals surface area (Å²) in [6.45, 7) is 3.72. The first-order valence-electron chi connectivity index (χ1n) is 8.30. The summed E-state index contributed by atoms with van der Waals surface area (Å²) in [4.78, 5) is 37.4. The van der Waals surface area contributed by atoms with Crippen LogP contribution in [0.1, 0.15) is 33.9 Å². The molecule has 2 heterocycles. The minimum atomic E-state index is -0.795. The van der Waals surface area contributed by atoms with Gasteiger partial charge in [-0.2, -0.15) is 0 Å². The Kier molecular flexibility index (Phi) is 5.60. The average molecular weight is 389 g/mol. The highest BCUT2D eigenvalue weighted by molar-refractivity contribution is 7.12. The van der Waals surface area contributed by atoms with Crippen LogP contribution in [-0.2, 0) is 4.79 Å². The second-order valence-corrected chi connectivity index (χ2v) is 7.13. The van der Waals surface area contributed by atoms with Gasteiger partial charge in [0, 0.05) is 5.56 Å². The van der Waals surface area contributed by atoms with Crippen LogP contribution in [0, 0.1) is 5.92 Å². The lowest BCUT2D eigenvalue weighted by Gasteiger charge is -2.21. The van der Waals surface area contributed by atoms with Gasteiger partial charge in [-0.1, -0.05) is 19.9 Å². The molecule has 0 radical (unpaired) electrons. The first-order chi connectivity index (χ1) is 13.0. The van der Waals surface area contributed by atoms with Gasteiger partial charge < -0.3 is 14.8 Å². The van der Waals surface area contributed by atoms with E-state index in [0.29, 0.717) is 21.9 Å². The Labute approximate surface area is 159 Å². The molecule has 0 fully saturated rings. The van der Waals surface area contributed by atoms with Gasteiger partial charge in [-0.25, -0.2) is 0 Å². The predicted molar refractivity (Wildman–Crippen MR) is 98.6 cm³/mol. The van der Waals surface area contributed by atoms with E-state index in [1.54, 1.807) is 43.5 Å². The number of carbonyl (C=O) groups excluding carboxylic acids is 3. The molecule has 0 saturated heterocycles. The number of ether oxygens (including phenoxy) is 2. The van der Waals surface area contributed by atoms with Crippen LogP contribution in [0.15, 0.2) is 35.7 Å². The molecular weight excluding hydrogens is 370 g/mol. The van der Waals surface area contributed by atoms with Gasteiger partial charge in [0.15, 0.2) is 11.5 Å². The van der Waals surface area contributed by atoms with E-state index < -0.39 is 17.9 Å². The maximum Gasteiger partial charge on any atom is 0.269 e. The fraction of sp³-hybridized carbons (Fsp3) is 0.278. The Morgan fingerprint density at radius 1 is 1.04 bits per heavy atom. The second kappa shape index (κ2) is 8.09. The highest BCUT2D eigenvalue weighted by Crippen LogP contribution is 2.32. The molecular formula is C18H19N3O5S. The predicted octanol–water partition coefficient (Wildman–Crippen LogP) is 1.69. The maximum atomic E-state index is 12.4. The monoisotopic (exact) mass is 389 g/mol. The molecule has 0 unspecified atom stereocenters. The summed E-state index contributed by atoms with van der Waals surface area (Å²) in [6, 6.07) is 7.36. The summed E-state index contributed by atoms with van der Waals surface area (Å²) in [5.41, 5.74) is 5.02. The normalized spacial score (nSPS) is 13.1. The molecule has 8 nitrogen and oxygen atoms in total. The van der Waals surface area contributed by atoms with Crippen LogP contribution in [0.25, 0.3) is 0 Å². The van der Waals surface area contributed by atoms with Crippen LogP contribution >= 0.6 is 11.3 Å². The van der Waals surface area contributed by atoms with Crippen molar-refractivity contribution in [3.8, 4) is 11.5 Å². The largest absolute Gasteiger partial charge is 0.454 e. The lowest BCUT2D eigenvalue weighted by Crippen LogP contribution is -2.54. The van der Waals surface area contributed by atoms with Gasteiger partial charge in [0.05, 0.1) is 4.88 Å². The fourth-order valence-corrected chi connectivity index (χ4v) is 3.09. The SMILES string of the molecule is CC(C)[C@H](NC(=O)c1cccs1)C(=O)NNC(=O)c1ccc2c(c1)OCO2. The molecule has 1 aromatic carbocycles. The second-order valence-electron chi connectivity index (χ2n) is 6.18. The molecule has 1 aromatic heterocycles. The lowest BCUT2D eigenvalue weighted by molar-refractivity contribution is -0.124. The molecule has 1 aliphatic rings. The van der Waals surface area contributed by atoms with E-state index in [1.807, 2.05) is 0 Å². The van der Waals surface area contributed by atoms with Gasteiger partial charge in [0.1, 0.15) is 6.04 Å². The topological polar surface area (TPSA) is 106 Å². The zero-order valence-corrected chi connectivity index (χ0v) is 15.6. The molecule has 0 aliphatic carbocycles. The molecule has 0 saturated carbocycles. The van der Waals surface area contributed by atoms with E-state index in [0.717, 1.165) is 0 Å². The Bertz CT molecular complexity index is 851. The number of hydrogen-bond donors (Lipinski definition) is 3. The summed E-state index contributed by atoms with van der Waals surface area (Å²) in [7, 11) is 0. The van der Waals surface area contributed by atoms with Crippen LogP contribution < -0.4 is 25.6 Å². The van der Waals surface area contributed by atoms with E-state index in [2.05, 4.69) is 16.2 Å². The average Bonchev–Trinajstić information content (AvgIpc) is 3.34. The smallest absolute Gasteiger partial charge is 0.269 e. The van der Waals surface area contributed by atoms with Crippen LogP contribution in [0.4, 0.5) is 0 Å². The van der Waals surface area contributed by atoms with Crippen molar-refractivity contribution in [1.82, 2.24) is 16.2 Å². The molecule has 1 aliphatic heterocycles. The number of fused-ring (bicyclic) bond motifs is 1. The van der Waals surface area contributed by atoms with Crippen LogP contribution in [0.3, 0.4) is 0 Å². The van der Waals surface area contributed by atoms with Gasteiger partial charge in [-0.15, -0.1) is 11.3 Å². The number of hydrazine groups is 1. The van der Waals surface area contributed by atoms with E-state index in [1.165, 1.54) is 17.4 Å². The molecule has 3 rings (SSSR count). The van der Waals surface area contributed by atoms with Crippen molar-refractivity contribution in [3.63, 3.8) is 0 Å². The quantitative estimate of drug-likeness (QED) is 0.675. The molecule has 9 heteroatoms. The van der Waals surface area contributed by atoms with Crippen molar-refractivity contribution in [1.29, 1.82) is 0 Å². The van der Waals surface area contributed by atoms with Crippen molar-refractivity contribution in [2.24, 2.45) is 5.92 Å². The molecule has 0 spiro atoms. The molecule has 2 aromatic rings. The van der Waals surface area contributed by atoms with Gasteiger partial charge in [-0.3, -0.25) is 25.2 Å². The number of benzene rings is 1. The Hall–Kier alpha value is -3.07. The number of nitrogens with one attached hydrogen (secondary N) is 3. The van der Waals surface area contributed by atoms with Crippen molar-refractivity contribution in [2.45, 2.75) is 19.9 Å². The Morgan fingerprint density at radius 3 is 2.52 bits per heavy atom. The van der Waals surface area contributed by atoms with Crippen LogP contribution in [0.2, 0.25) is 0 Å². The minimum absolute atomic E-state index is 0.108. The molecule has 142 valence electrons. The standard InChI is InChI=1S/C18H19N3O5S/c1-10(2)15(19-17(23)14-4-3-7-27-14)18(24)21-20-16(22)11-5-6-12-13(8-11)26-9-25-12/h3-8,10,15H,9H2,1-2H3,(H,19,23)(H,20,22)(H,21,24)/t15-/m0/s1. The van der Waals surface area contributed by atoms with Crippen molar-refractivity contribution < 1.29 is 23.9 Å². The summed E-state index contributed by atoms with van der Waals surface area (Å²) in [5.74, 6) is -0.487. The zero-order valence-electron chi connectivity index (χ0n) is 14.8. The van der Waals surface area contributed by atoms with Crippen LogP contribution in [0.5, 0.6) is 11.5 Å². The highest BCUT2D eigenvalue weighted by Gasteiger charge is 2.25. The summed E-state index contributed by atoms with van der Waals surface area (Å²) >= 11 is 1.29. The highest BCUT2D eigenvalue weighted by atomic mass is 32.1. The maximum absolute atomic E-state index is 12.4. The third-order valence-corrected chi connectivity index (χ3v) is 4.78. The first-order valence-corrected chi connectivity index (χ1v) is 9.18. The molecule has 27 heavy (non-hydrogen) atoms. The number of thiophene rings is 1.